The number of carbonyl (C=O) groups excluding carboxylic acids is 1. The SMILES string of the molecule is Cc1oc(-c2cccs2)nc1CC(=O)N1CCN(c2ccncc2)CC1. The van der Waals surface area contributed by atoms with E-state index < -0.39 is 0 Å². The summed E-state index contributed by atoms with van der Waals surface area (Å²) in [5.74, 6) is 1.42. The van der Waals surface area contributed by atoms with Crippen LogP contribution in [0, 0.1) is 6.92 Å². The lowest BCUT2D eigenvalue weighted by atomic mass is 10.2. The highest BCUT2D eigenvalue weighted by Crippen LogP contribution is 2.26. The first-order valence-electron chi connectivity index (χ1n) is 8.63. The average molecular weight is 368 g/mol. The number of aromatic nitrogens is 2. The zero-order valence-electron chi connectivity index (χ0n) is 14.6. The Morgan fingerprint density at radius 3 is 2.65 bits per heavy atom. The first-order chi connectivity index (χ1) is 12.7. The molecule has 7 heteroatoms. The van der Waals surface area contributed by atoms with Crippen molar-refractivity contribution in [3.63, 3.8) is 0 Å². The summed E-state index contributed by atoms with van der Waals surface area (Å²) in [4.78, 5) is 26.4. The number of thiophene rings is 1. The molecule has 4 rings (SSSR count). The number of hydrogen-bond acceptors (Lipinski definition) is 6. The first-order valence-corrected chi connectivity index (χ1v) is 9.51. The van der Waals surface area contributed by atoms with Gasteiger partial charge in [-0.25, -0.2) is 4.98 Å². The fourth-order valence-electron chi connectivity index (χ4n) is 3.12. The van der Waals surface area contributed by atoms with Crippen molar-refractivity contribution in [2.75, 3.05) is 31.1 Å². The molecule has 1 fully saturated rings. The summed E-state index contributed by atoms with van der Waals surface area (Å²) in [5, 5.41) is 1.99. The van der Waals surface area contributed by atoms with Crippen molar-refractivity contribution < 1.29 is 9.21 Å². The predicted octanol–water partition coefficient (Wildman–Crippen LogP) is 3.00. The summed E-state index contributed by atoms with van der Waals surface area (Å²) >= 11 is 1.58. The molecule has 1 amide bonds. The molecule has 0 N–H and O–H groups in total. The van der Waals surface area contributed by atoms with Crippen molar-refractivity contribution in [2.24, 2.45) is 0 Å². The molecular weight excluding hydrogens is 348 g/mol. The van der Waals surface area contributed by atoms with Gasteiger partial charge in [-0.1, -0.05) is 6.07 Å². The van der Waals surface area contributed by atoms with Crippen LogP contribution in [0.5, 0.6) is 0 Å². The Morgan fingerprint density at radius 1 is 1.19 bits per heavy atom. The highest BCUT2D eigenvalue weighted by molar-refractivity contribution is 7.13. The van der Waals surface area contributed by atoms with E-state index in [1.807, 2.05) is 41.5 Å². The largest absolute Gasteiger partial charge is 0.440 e. The minimum Gasteiger partial charge on any atom is -0.440 e. The van der Waals surface area contributed by atoms with E-state index in [0.29, 0.717) is 5.89 Å². The maximum atomic E-state index is 12.7. The zero-order valence-corrected chi connectivity index (χ0v) is 15.4. The molecular formula is C19H20N4O2S. The molecule has 3 aromatic rings. The third-order valence-electron chi connectivity index (χ3n) is 4.60. The Bertz CT molecular complexity index is 868. The van der Waals surface area contributed by atoms with Crippen molar-refractivity contribution in [1.29, 1.82) is 0 Å². The monoisotopic (exact) mass is 368 g/mol. The summed E-state index contributed by atoms with van der Waals surface area (Å²) in [6.07, 6.45) is 3.88. The van der Waals surface area contributed by atoms with E-state index in [-0.39, 0.29) is 12.3 Å². The van der Waals surface area contributed by atoms with Gasteiger partial charge in [0.1, 0.15) is 5.76 Å². The fraction of sp³-hybridized carbons (Fsp3) is 0.316. The summed E-state index contributed by atoms with van der Waals surface area (Å²) < 4.78 is 5.74. The average Bonchev–Trinajstić information content (AvgIpc) is 3.33. The van der Waals surface area contributed by atoms with Crippen LogP contribution in [0.3, 0.4) is 0 Å². The number of aryl methyl sites for hydroxylation is 1. The normalized spacial score (nSPS) is 14.7. The number of carbonyl (C=O) groups is 1. The van der Waals surface area contributed by atoms with Crippen LogP contribution in [-0.4, -0.2) is 47.0 Å². The van der Waals surface area contributed by atoms with Crippen LogP contribution in [-0.2, 0) is 11.2 Å². The maximum Gasteiger partial charge on any atom is 0.236 e. The Balaban J connectivity index is 1.37. The Morgan fingerprint density at radius 2 is 1.96 bits per heavy atom. The van der Waals surface area contributed by atoms with Crippen molar-refractivity contribution in [1.82, 2.24) is 14.9 Å². The molecule has 0 spiro atoms. The first kappa shape index (κ1) is 16.8. The van der Waals surface area contributed by atoms with E-state index in [4.69, 9.17) is 4.42 Å². The minimum absolute atomic E-state index is 0.105. The topological polar surface area (TPSA) is 62.5 Å². The fourth-order valence-corrected chi connectivity index (χ4v) is 3.77. The van der Waals surface area contributed by atoms with Crippen molar-refractivity contribution in [2.45, 2.75) is 13.3 Å². The van der Waals surface area contributed by atoms with Gasteiger partial charge >= 0.3 is 0 Å². The van der Waals surface area contributed by atoms with Crippen molar-refractivity contribution in [3.8, 4) is 10.8 Å². The van der Waals surface area contributed by atoms with Crippen LogP contribution >= 0.6 is 11.3 Å². The van der Waals surface area contributed by atoms with E-state index >= 15 is 0 Å². The lowest BCUT2D eigenvalue weighted by Gasteiger charge is -2.36. The van der Waals surface area contributed by atoms with Crippen LogP contribution < -0.4 is 4.90 Å². The Hall–Kier alpha value is -2.67. The van der Waals surface area contributed by atoms with Gasteiger partial charge in [-0.2, -0.15) is 0 Å². The predicted molar refractivity (Wildman–Crippen MR) is 101 cm³/mol. The van der Waals surface area contributed by atoms with E-state index in [1.165, 1.54) is 0 Å². The molecule has 1 aliphatic heterocycles. The number of hydrogen-bond donors (Lipinski definition) is 0. The van der Waals surface area contributed by atoms with Crippen LogP contribution in [0.2, 0.25) is 0 Å². The third kappa shape index (κ3) is 3.48. The number of nitrogens with zero attached hydrogens (tertiary/aromatic N) is 4. The summed E-state index contributed by atoms with van der Waals surface area (Å²) in [6, 6.07) is 7.94. The van der Waals surface area contributed by atoms with E-state index in [1.54, 1.807) is 23.7 Å². The highest BCUT2D eigenvalue weighted by atomic mass is 32.1. The lowest BCUT2D eigenvalue weighted by molar-refractivity contribution is -0.130. The molecule has 26 heavy (non-hydrogen) atoms. The molecule has 0 radical (unpaired) electrons. The molecule has 1 aliphatic rings. The van der Waals surface area contributed by atoms with Gasteiger partial charge in [0.15, 0.2) is 0 Å². The highest BCUT2D eigenvalue weighted by Gasteiger charge is 2.23. The summed E-state index contributed by atoms with van der Waals surface area (Å²) in [6.45, 7) is 4.96. The number of oxazole rings is 1. The number of amides is 1. The molecule has 0 saturated carbocycles. The smallest absolute Gasteiger partial charge is 0.236 e. The van der Waals surface area contributed by atoms with Crippen LogP contribution in [0.1, 0.15) is 11.5 Å². The summed E-state index contributed by atoms with van der Waals surface area (Å²) in [7, 11) is 0. The molecule has 1 saturated heterocycles. The van der Waals surface area contributed by atoms with Crippen LogP contribution in [0.25, 0.3) is 10.8 Å². The number of rotatable bonds is 4. The maximum absolute atomic E-state index is 12.7. The van der Waals surface area contributed by atoms with Gasteiger partial charge in [-0.15, -0.1) is 11.3 Å². The van der Waals surface area contributed by atoms with Crippen molar-refractivity contribution in [3.05, 3.63) is 53.5 Å². The van der Waals surface area contributed by atoms with E-state index in [2.05, 4.69) is 14.9 Å². The molecule has 6 nitrogen and oxygen atoms in total. The molecule has 0 atom stereocenters. The molecule has 0 bridgehead atoms. The standard InChI is InChI=1S/C19H20N4O2S/c1-14-16(21-19(25-14)17-3-2-12-26-17)13-18(24)23-10-8-22(9-11-23)15-4-6-20-7-5-15/h2-7,12H,8-11,13H2,1H3. The van der Waals surface area contributed by atoms with Gasteiger partial charge in [0.25, 0.3) is 0 Å². The molecule has 0 unspecified atom stereocenters. The third-order valence-corrected chi connectivity index (χ3v) is 5.46. The Kier molecular flexibility index (Phi) is 4.71. The quantitative estimate of drug-likeness (QED) is 0.708. The summed E-state index contributed by atoms with van der Waals surface area (Å²) in [5.41, 5.74) is 1.88. The molecule has 4 heterocycles. The van der Waals surface area contributed by atoms with Gasteiger partial charge < -0.3 is 14.2 Å². The van der Waals surface area contributed by atoms with Gasteiger partial charge in [0.2, 0.25) is 11.8 Å². The molecule has 134 valence electrons. The number of pyridine rings is 1. The lowest BCUT2D eigenvalue weighted by Crippen LogP contribution is -2.49. The van der Waals surface area contributed by atoms with Crippen LogP contribution in [0.4, 0.5) is 5.69 Å². The van der Waals surface area contributed by atoms with Gasteiger partial charge in [0.05, 0.1) is 17.0 Å². The number of piperazine rings is 1. The van der Waals surface area contributed by atoms with Crippen molar-refractivity contribution >= 4 is 22.9 Å². The van der Waals surface area contributed by atoms with Gasteiger partial charge in [-0.05, 0) is 30.5 Å². The zero-order chi connectivity index (χ0) is 17.9. The molecule has 0 aliphatic carbocycles. The molecule has 3 aromatic heterocycles. The minimum atomic E-state index is 0.105. The Labute approximate surface area is 156 Å². The van der Waals surface area contributed by atoms with Crippen LogP contribution in [0.15, 0.2) is 46.5 Å². The van der Waals surface area contributed by atoms with E-state index in [0.717, 1.165) is 48.2 Å². The second-order valence-electron chi connectivity index (χ2n) is 6.25. The van der Waals surface area contributed by atoms with Gasteiger partial charge in [0, 0.05) is 44.3 Å². The second kappa shape index (κ2) is 7.29. The van der Waals surface area contributed by atoms with Gasteiger partial charge in [-0.3, -0.25) is 9.78 Å². The second-order valence-corrected chi connectivity index (χ2v) is 7.20. The van der Waals surface area contributed by atoms with E-state index in [9.17, 15) is 4.79 Å². The number of anilines is 1. The molecule has 0 aromatic carbocycles.